The fraction of sp³-hybridized carbons (Fsp3) is 0.778. The Labute approximate surface area is 181 Å². The molecule has 0 spiro atoms. The Morgan fingerprint density at radius 1 is 0.933 bits per heavy atom. The van der Waals surface area contributed by atoms with Gasteiger partial charge in [-0.3, -0.25) is 19.2 Å². The molecule has 5 atom stereocenters. The van der Waals surface area contributed by atoms with Gasteiger partial charge in [-0.05, 0) is 58.1 Å². The van der Waals surface area contributed by atoms with Crippen molar-refractivity contribution in [2.75, 3.05) is 18.6 Å². The van der Waals surface area contributed by atoms with Crippen LogP contribution in [-0.4, -0.2) is 82.7 Å². The third kappa shape index (κ3) is 10.8. The Morgan fingerprint density at radius 2 is 1.47 bits per heavy atom. The molecule has 0 heterocycles. The highest BCUT2D eigenvalue weighted by Gasteiger charge is 2.29. The second kappa shape index (κ2) is 15.0. The fourth-order valence-corrected chi connectivity index (χ4v) is 2.87. The highest BCUT2D eigenvalue weighted by molar-refractivity contribution is 7.98. The molecular formula is C18H35N5O6S. The van der Waals surface area contributed by atoms with Crippen LogP contribution in [0, 0.1) is 0 Å². The van der Waals surface area contributed by atoms with Gasteiger partial charge in [0.05, 0.1) is 6.10 Å². The maximum Gasteiger partial charge on any atom is 0.325 e. The molecular weight excluding hydrogens is 414 g/mol. The van der Waals surface area contributed by atoms with Gasteiger partial charge < -0.3 is 37.6 Å². The van der Waals surface area contributed by atoms with Crippen LogP contribution >= 0.6 is 11.8 Å². The number of carbonyl (C=O) groups excluding carboxylic acids is 3. The first-order valence-electron chi connectivity index (χ1n) is 9.81. The molecule has 0 bridgehead atoms. The lowest BCUT2D eigenvalue weighted by molar-refractivity contribution is -0.141. The molecule has 0 radical (unpaired) electrons. The Morgan fingerprint density at radius 3 is 1.97 bits per heavy atom. The van der Waals surface area contributed by atoms with E-state index in [4.69, 9.17) is 16.6 Å². The number of hydrogen-bond donors (Lipinski definition) is 7. The second-order valence-electron chi connectivity index (χ2n) is 7.02. The first-order valence-corrected chi connectivity index (χ1v) is 11.2. The lowest BCUT2D eigenvalue weighted by atomic mass is 10.1. The van der Waals surface area contributed by atoms with E-state index in [-0.39, 0.29) is 12.8 Å². The molecule has 30 heavy (non-hydrogen) atoms. The normalized spacial score (nSPS) is 15.9. The minimum atomic E-state index is -1.21. The van der Waals surface area contributed by atoms with Gasteiger partial charge in [0.25, 0.3) is 0 Å². The van der Waals surface area contributed by atoms with E-state index in [1.165, 1.54) is 25.6 Å². The summed E-state index contributed by atoms with van der Waals surface area (Å²) < 4.78 is 0. The summed E-state index contributed by atoms with van der Waals surface area (Å²) >= 11 is 1.47. The highest BCUT2D eigenvalue weighted by Crippen LogP contribution is 2.06. The largest absolute Gasteiger partial charge is 0.480 e. The van der Waals surface area contributed by atoms with Gasteiger partial charge in [-0.25, -0.2) is 0 Å². The Kier molecular flexibility index (Phi) is 14.0. The van der Waals surface area contributed by atoms with E-state index >= 15 is 0 Å². The van der Waals surface area contributed by atoms with Crippen LogP contribution < -0.4 is 27.4 Å². The van der Waals surface area contributed by atoms with Crippen molar-refractivity contribution < 1.29 is 29.4 Å². The number of carboxylic acids is 1. The van der Waals surface area contributed by atoms with E-state index in [0.29, 0.717) is 25.1 Å². The summed E-state index contributed by atoms with van der Waals surface area (Å²) in [5.41, 5.74) is 11.1. The van der Waals surface area contributed by atoms with Crippen LogP contribution in [0.4, 0.5) is 0 Å². The van der Waals surface area contributed by atoms with Crippen molar-refractivity contribution in [3.05, 3.63) is 0 Å². The van der Waals surface area contributed by atoms with E-state index in [1.54, 1.807) is 0 Å². The number of rotatable bonds is 15. The number of nitrogens with one attached hydrogen (secondary N) is 3. The molecule has 174 valence electrons. The molecule has 9 N–H and O–H groups in total. The van der Waals surface area contributed by atoms with E-state index in [0.717, 1.165) is 0 Å². The highest BCUT2D eigenvalue weighted by atomic mass is 32.2. The van der Waals surface area contributed by atoms with E-state index in [9.17, 15) is 24.3 Å². The molecule has 0 aliphatic rings. The zero-order chi connectivity index (χ0) is 23.3. The predicted molar refractivity (Wildman–Crippen MR) is 115 cm³/mol. The monoisotopic (exact) mass is 449 g/mol. The maximum atomic E-state index is 12.8. The minimum absolute atomic E-state index is 0.268. The SMILES string of the molecule is CSCCC(NC(=O)C(CCCCN)NC(=O)C(N)C(C)O)C(=O)NC(C)C(=O)O. The minimum Gasteiger partial charge on any atom is -0.480 e. The number of aliphatic carboxylic acids is 1. The molecule has 12 heteroatoms. The molecule has 0 aliphatic heterocycles. The molecule has 0 aliphatic carbocycles. The van der Waals surface area contributed by atoms with Crippen LogP contribution in [0.15, 0.2) is 0 Å². The first kappa shape index (κ1) is 28.1. The number of thioether (sulfide) groups is 1. The molecule has 0 rings (SSSR count). The lowest BCUT2D eigenvalue weighted by Crippen LogP contribution is -2.58. The Balaban J connectivity index is 5.29. The maximum absolute atomic E-state index is 12.8. The number of nitrogens with two attached hydrogens (primary N) is 2. The van der Waals surface area contributed by atoms with Gasteiger partial charge in [0.2, 0.25) is 17.7 Å². The standard InChI is InChI=1S/C18H35N5O6S/c1-10(18(28)29)21-15(25)13(7-9-30-3)22-16(26)12(6-4-5-8-19)23-17(27)14(20)11(2)24/h10-14,24H,4-9,19-20H2,1-3H3,(H,21,25)(H,22,26)(H,23,27)(H,28,29). The van der Waals surface area contributed by atoms with Gasteiger partial charge in [-0.15, -0.1) is 0 Å². The molecule has 11 nitrogen and oxygen atoms in total. The van der Waals surface area contributed by atoms with Gasteiger partial charge in [0.1, 0.15) is 24.2 Å². The molecule has 5 unspecified atom stereocenters. The quantitative estimate of drug-likeness (QED) is 0.140. The smallest absolute Gasteiger partial charge is 0.325 e. The summed E-state index contributed by atoms with van der Waals surface area (Å²) in [6.07, 6.45) is 2.47. The molecule has 0 aromatic carbocycles. The van der Waals surface area contributed by atoms with E-state index < -0.39 is 54.0 Å². The lowest BCUT2D eigenvalue weighted by Gasteiger charge is -2.25. The van der Waals surface area contributed by atoms with Crippen molar-refractivity contribution in [3.63, 3.8) is 0 Å². The summed E-state index contributed by atoms with van der Waals surface area (Å²) in [6, 6.07) is -4.27. The van der Waals surface area contributed by atoms with Crippen molar-refractivity contribution in [1.82, 2.24) is 16.0 Å². The number of unbranched alkanes of at least 4 members (excludes halogenated alkanes) is 1. The van der Waals surface area contributed by atoms with Gasteiger partial charge in [0, 0.05) is 0 Å². The second-order valence-corrected chi connectivity index (χ2v) is 8.01. The van der Waals surface area contributed by atoms with Crippen molar-refractivity contribution in [3.8, 4) is 0 Å². The number of carboxylic acid groups (broad SMARTS) is 1. The number of hydrogen-bond acceptors (Lipinski definition) is 8. The van der Waals surface area contributed by atoms with Crippen molar-refractivity contribution in [2.45, 2.75) is 69.8 Å². The Hall–Kier alpha value is -1.89. The number of aliphatic hydroxyl groups is 1. The van der Waals surface area contributed by atoms with Crippen LogP contribution in [0.1, 0.15) is 39.5 Å². The third-order valence-corrected chi connectivity index (χ3v) is 5.02. The predicted octanol–water partition coefficient (Wildman–Crippen LogP) is -1.86. The molecule has 0 saturated carbocycles. The van der Waals surface area contributed by atoms with Gasteiger partial charge in [-0.2, -0.15) is 11.8 Å². The van der Waals surface area contributed by atoms with E-state index in [1.807, 2.05) is 6.26 Å². The fourth-order valence-electron chi connectivity index (χ4n) is 2.40. The molecule has 0 saturated heterocycles. The van der Waals surface area contributed by atoms with Crippen molar-refractivity contribution >= 4 is 35.5 Å². The average Bonchev–Trinajstić information content (AvgIpc) is 2.68. The zero-order valence-corrected chi connectivity index (χ0v) is 18.5. The van der Waals surface area contributed by atoms with Crippen molar-refractivity contribution in [2.24, 2.45) is 11.5 Å². The van der Waals surface area contributed by atoms with Gasteiger partial charge in [-0.1, -0.05) is 0 Å². The summed E-state index contributed by atoms with van der Waals surface area (Å²) in [5.74, 6) is -2.56. The number of aliphatic hydroxyl groups excluding tert-OH is 1. The number of carbonyl (C=O) groups is 4. The first-order chi connectivity index (χ1) is 14.0. The van der Waals surface area contributed by atoms with Crippen LogP contribution in [0.2, 0.25) is 0 Å². The van der Waals surface area contributed by atoms with E-state index in [2.05, 4.69) is 16.0 Å². The van der Waals surface area contributed by atoms with Gasteiger partial charge >= 0.3 is 5.97 Å². The molecule has 0 fully saturated rings. The zero-order valence-electron chi connectivity index (χ0n) is 17.7. The summed E-state index contributed by atoms with van der Waals surface area (Å²) in [5, 5.41) is 25.9. The van der Waals surface area contributed by atoms with Crippen LogP contribution in [-0.2, 0) is 19.2 Å². The molecule has 0 aromatic heterocycles. The summed E-state index contributed by atoms with van der Waals surface area (Å²) in [4.78, 5) is 48.4. The summed E-state index contributed by atoms with van der Waals surface area (Å²) in [7, 11) is 0. The Bertz CT molecular complexity index is 577. The van der Waals surface area contributed by atoms with Gasteiger partial charge in [0.15, 0.2) is 0 Å². The van der Waals surface area contributed by atoms with Crippen LogP contribution in [0.5, 0.6) is 0 Å². The average molecular weight is 450 g/mol. The topological polar surface area (TPSA) is 197 Å². The number of amides is 3. The molecule has 3 amide bonds. The van der Waals surface area contributed by atoms with Crippen LogP contribution in [0.3, 0.4) is 0 Å². The molecule has 0 aromatic rings. The van der Waals surface area contributed by atoms with Crippen LogP contribution in [0.25, 0.3) is 0 Å². The third-order valence-electron chi connectivity index (χ3n) is 4.38. The van der Waals surface area contributed by atoms with Crippen molar-refractivity contribution in [1.29, 1.82) is 0 Å². The summed E-state index contributed by atoms with van der Waals surface area (Å²) in [6.45, 7) is 3.10.